The van der Waals surface area contributed by atoms with Crippen LogP contribution in [0.3, 0.4) is 0 Å². The summed E-state index contributed by atoms with van der Waals surface area (Å²) in [5.74, 6) is -1.47. The van der Waals surface area contributed by atoms with Gasteiger partial charge >= 0.3 is 5.97 Å². The minimum Gasteiger partial charge on any atom is -0.468 e. The van der Waals surface area contributed by atoms with E-state index in [0.29, 0.717) is 31.5 Å². The fourth-order valence-electron chi connectivity index (χ4n) is 3.22. The normalized spacial score (nSPS) is 15.5. The van der Waals surface area contributed by atoms with Crippen LogP contribution in [0.5, 0.6) is 0 Å². The first-order valence-corrected chi connectivity index (χ1v) is 10.4. The minimum absolute atomic E-state index is 0.113. The number of likely N-dealkylation sites (tertiary alicyclic amines) is 1. The van der Waals surface area contributed by atoms with Gasteiger partial charge < -0.3 is 14.2 Å². The Kier molecular flexibility index (Phi) is 5.65. The highest BCUT2D eigenvalue weighted by molar-refractivity contribution is 7.92. The number of aromatic nitrogens is 1. The molecule has 0 spiro atoms. The number of esters is 1. The van der Waals surface area contributed by atoms with Crippen molar-refractivity contribution in [1.82, 2.24) is 9.47 Å². The Bertz CT molecular complexity index is 896. The van der Waals surface area contributed by atoms with Crippen LogP contribution in [0.25, 0.3) is 5.69 Å². The number of carbonyl (C=O) groups excluding carboxylic acids is 2. The summed E-state index contributed by atoms with van der Waals surface area (Å²) in [6.07, 6.45) is 4.51. The number of ether oxygens (including phenoxy) is 1. The average Bonchev–Trinajstić information content (AvgIpc) is 3.22. The summed E-state index contributed by atoms with van der Waals surface area (Å²) >= 11 is 0. The topological polar surface area (TPSA) is 85.7 Å². The average molecular weight is 390 g/mol. The van der Waals surface area contributed by atoms with Crippen LogP contribution >= 0.6 is 0 Å². The summed E-state index contributed by atoms with van der Waals surface area (Å²) in [6.45, 7) is 0.701. The molecule has 2 heterocycles. The smallest absolute Gasteiger partial charge is 0.320 e. The van der Waals surface area contributed by atoms with Gasteiger partial charge in [0.2, 0.25) is 0 Å². The van der Waals surface area contributed by atoms with E-state index in [0.717, 1.165) is 5.69 Å². The number of piperidine rings is 1. The molecule has 1 saturated heterocycles. The molecule has 1 aliphatic heterocycles. The van der Waals surface area contributed by atoms with Crippen molar-refractivity contribution in [2.45, 2.75) is 18.1 Å². The van der Waals surface area contributed by atoms with Gasteiger partial charge in [-0.2, -0.15) is 0 Å². The summed E-state index contributed by atoms with van der Waals surface area (Å²) in [4.78, 5) is 25.6. The summed E-state index contributed by atoms with van der Waals surface area (Å²) in [5.41, 5.74) is 1.53. The zero-order valence-electron chi connectivity index (χ0n) is 15.1. The maximum atomic E-state index is 12.7. The third-order valence-electron chi connectivity index (χ3n) is 4.80. The molecule has 8 heteroatoms. The number of methoxy groups -OCH3 is 1. The van der Waals surface area contributed by atoms with Gasteiger partial charge in [-0.3, -0.25) is 9.59 Å². The van der Waals surface area contributed by atoms with Crippen molar-refractivity contribution in [3.8, 4) is 5.69 Å². The molecule has 3 rings (SSSR count). The van der Waals surface area contributed by atoms with E-state index >= 15 is 0 Å². The molecule has 0 unspecified atom stereocenters. The van der Waals surface area contributed by atoms with Crippen molar-refractivity contribution in [2.75, 3.05) is 26.0 Å². The van der Waals surface area contributed by atoms with Gasteiger partial charge in [0.15, 0.2) is 9.84 Å². The van der Waals surface area contributed by atoms with E-state index < -0.39 is 26.8 Å². The highest BCUT2D eigenvalue weighted by atomic mass is 32.2. The molecule has 0 N–H and O–H groups in total. The number of amides is 1. The third-order valence-corrected chi connectivity index (χ3v) is 6.93. The number of hydrogen-bond donors (Lipinski definition) is 0. The van der Waals surface area contributed by atoms with Crippen molar-refractivity contribution in [3.63, 3.8) is 0 Å². The lowest BCUT2D eigenvalue weighted by atomic mass is 10.1. The third kappa shape index (κ3) is 4.39. The lowest BCUT2D eigenvalue weighted by Crippen LogP contribution is -2.43. The van der Waals surface area contributed by atoms with E-state index in [1.54, 1.807) is 17.0 Å². The van der Waals surface area contributed by atoms with Crippen molar-refractivity contribution >= 4 is 21.7 Å². The van der Waals surface area contributed by atoms with E-state index in [1.807, 2.05) is 41.2 Å². The van der Waals surface area contributed by atoms with Crippen LogP contribution in [-0.2, 0) is 19.4 Å². The van der Waals surface area contributed by atoms with Gasteiger partial charge in [-0.05, 0) is 49.2 Å². The summed E-state index contributed by atoms with van der Waals surface area (Å²) in [5, 5.41) is -0.614. The summed E-state index contributed by atoms with van der Waals surface area (Å²) < 4.78 is 30.9. The molecule has 0 bridgehead atoms. The monoisotopic (exact) mass is 390 g/mol. The molecule has 0 aliphatic carbocycles. The zero-order chi connectivity index (χ0) is 19.4. The van der Waals surface area contributed by atoms with Crippen LogP contribution in [0.4, 0.5) is 0 Å². The van der Waals surface area contributed by atoms with Crippen molar-refractivity contribution < 1.29 is 22.7 Å². The molecule has 2 aromatic rings. The van der Waals surface area contributed by atoms with Crippen LogP contribution < -0.4 is 0 Å². The van der Waals surface area contributed by atoms with E-state index in [1.165, 1.54) is 7.11 Å². The highest BCUT2D eigenvalue weighted by Crippen LogP contribution is 2.21. The number of nitrogens with zero attached hydrogens (tertiary/aromatic N) is 2. The first-order chi connectivity index (χ1) is 12.9. The van der Waals surface area contributed by atoms with Gasteiger partial charge in [-0.25, -0.2) is 8.42 Å². The SMILES string of the molecule is COC(=O)CS(=O)(=O)C1CCN(C(=O)c2ccc(-n3cccc3)cc2)CC1. The maximum Gasteiger partial charge on any atom is 0.320 e. The molecule has 7 nitrogen and oxygen atoms in total. The zero-order valence-corrected chi connectivity index (χ0v) is 15.9. The Morgan fingerprint density at radius 3 is 2.22 bits per heavy atom. The molecule has 1 aliphatic rings. The van der Waals surface area contributed by atoms with Gasteiger partial charge in [-0.1, -0.05) is 0 Å². The maximum absolute atomic E-state index is 12.7. The second kappa shape index (κ2) is 7.96. The molecule has 0 radical (unpaired) electrons. The molecule has 0 saturated carbocycles. The molecule has 1 fully saturated rings. The quantitative estimate of drug-likeness (QED) is 0.725. The highest BCUT2D eigenvalue weighted by Gasteiger charge is 2.33. The number of benzene rings is 1. The molecule has 0 atom stereocenters. The first-order valence-electron chi connectivity index (χ1n) is 8.72. The van der Waals surface area contributed by atoms with Gasteiger partial charge in [0.25, 0.3) is 5.91 Å². The van der Waals surface area contributed by atoms with Crippen LogP contribution in [-0.4, -0.2) is 61.0 Å². The van der Waals surface area contributed by atoms with E-state index in [2.05, 4.69) is 4.74 Å². The van der Waals surface area contributed by atoms with Crippen LogP contribution in [0.2, 0.25) is 0 Å². The number of hydrogen-bond acceptors (Lipinski definition) is 5. The summed E-state index contributed by atoms with van der Waals surface area (Å²) in [6, 6.07) is 11.2. The van der Waals surface area contributed by atoms with Crippen molar-refractivity contribution in [1.29, 1.82) is 0 Å². The Morgan fingerprint density at radius 1 is 1.07 bits per heavy atom. The van der Waals surface area contributed by atoms with Crippen LogP contribution in [0.15, 0.2) is 48.8 Å². The lowest BCUT2D eigenvalue weighted by molar-refractivity contribution is -0.137. The van der Waals surface area contributed by atoms with Crippen LogP contribution in [0.1, 0.15) is 23.2 Å². The second-order valence-corrected chi connectivity index (χ2v) is 8.79. The van der Waals surface area contributed by atoms with Crippen molar-refractivity contribution in [3.05, 3.63) is 54.4 Å². The standard InChI is InChI=1S/C19H22N2O5S/c1-26-18(22)14-27(24,25)17-8-12-21(13-9-17)19(23)15-4-6-16(7-5-15)20-10-2-3-11-20/h2-7,10-11,17H,8-9,12-14H2,1H3. The lowest BCUT2D eigenvalue weighted by Gasteiger charge is -2.31. The molecular formula is C19H22N2O5S. The fourth-order valence-corrected chi connectivity index (χ4v) is 4.84. The Labute approximate surface area is 158 Å². The number of rotatable bonds is 5. The molecule has 1 aromatic heterocycles. The molecule has 1 aromatic carbocycles. The predicted octanol–water partition coefficient (Wildman–Crippen LogP) is 1.67. The number of sulfone groups is 1. The van der Waals surface area contributed by atoms with Crippen molar-refractivity contribution in [2.24, 2.45) is 0 Å². The van der Waals surface area contributed by atoms with E-state index in [-0.39, 0.29) is 5.91 Å². The largest absolute Gasteiger partial charge is 0.468 e. The van der Waals surface area contributed by atoms with Gasteiger partial charge in [0.05, 0.1) is 12.4 Å². The molecule has 27 heavy (non-hydrogen) atoms. The summed E-state index contributed by atoms with van der Waals surface area (Å²) in [7, 11) is -2.39. The van der Waals surface area contributed by atoms with Gasteiger partial charge in [0.1, 0.15) is 5.75 Å². The first kappa shape index (κ1) is 19.2. The molecule has 144 valence electrons. The minimum atomic E-state index is -3.55. The predicted molar refractivity (Wildman–Crippen MR) is 100 cm³/mol. The van der Waals surface area contributed by atoms with E-state index in [9.17, 15) is 18.0 Å². The number of carbonyl (C=O) groups is 2. The van der Waals surface area contributed by atoms with Crippen LogP contribution in [0, 0.1) is 0 Å². The Hall–Kier alpha value is -2.61. The van der Waals surface area contributed by atoms with E-state index in [4.69, 9.17) is 0 Å². The van der Waals surface area contributed by atoms with Gasteiger partial charge in [-0.15, -0.1) is 0 Å². The molecular weight excluding hydrogens is 368 g/mol. The van der Waals surface area contributed by atoms with Gasteiger partial charge in [0, 0.05) is 36.7 Å². The Morgan fingerprint density at radius 2 is 1.67 bits per heavy atom. The molecule has 1 amide bonds. The fraction of sp³-hybridized carbons (Fsp3) is 0.368. The second-order valence-electron chi connectivity index (χ2n) is 6.51. The Balaban J connectivity index is 1.61.